The van der Waals surface area contributed by atoms with Crippen LogP contribution in [-0.4, -0.2) is 23.5 Å². The van der Waals surface area contributed by atoms with Crippen molar-refractivity contribution in [2.45, 2.75) is 76.7 Å². The fraction of sp³-hybridized carbons (Fsp3) is 1.00. The van der Waals surface area contributed by atoms with Crippen molar-refractivity contribution < 1.29 is 9.84 Å². The summed E-state index contributed by atoms with van der Waals surface area (Å²) in [6.07, 6.45) is 9.30. The molecule has 0 aromatic rings. The van der Waals surface area contributed by atoms with Gasteiger partial charge < -0.3 is 15.6 Å². The topological polar surface area (TPSA) is 55.5 Å². The summed E-state index contributed by atoms with van der Waals surface area (Å²) in [4.78, 5) is 0. The Bertz CT molecular complexity index is 152. The van der Waals surface area contributed by atoms with Crippen molar-refractivity contribution in [3.63, 3.8) is 0 Å². The standard InChI is InChI=1S/C12H25NO2/c1-10(13)12(14)15-11-8-6-4-2-3-5-7-9-11/h10-12,14H,2-9,13H2,1H3/t10-,12?/m0/s1. The molecule has 1 fully saturated rings. The van der Waals surface area contributed by atoms with Gasteiger partial charge in [-0.3, -0.25) is 0 Å². The van der Waals surface area contributed by atoms with Crippen LogP contribution in [0.25, 0.3) is 0 Å². The third-order valence-corrected chi connectivity index (χ3v) is 3.08. The average molecular weight is 215 g/mol. The lowest BCUT2D eigenvalue weighted by Gasteiger charge is -2.23. The summed E-state index contributed by atoms with van der Waals surface area (Å²) in [5.41, 5.74) is 5.58. The maximum atomic E-state index is 9.56. The Hall–Kier alpha value is -0.120. The monoisotopic (exact) mass is 215 g/mol. The highest BCUT2D eigenvalue weighted by molar-refractivity contribution is 4.65. The van der Waals surface area contributed by atoms with Crippen LogP contribution in [-0.2, 0) is 4.74 Å². The zero-order valence-corrected chi connectivity index (χ0v) is 9.82. The van der Waals surface area contributed by atoms with Gasteiger partial charge in [0.2, 0.25) is 0 Å². The van der Waals surface area contributed by atoms with E-state index in [-0.39, 0.29) is 12.1 Å². The lowest BCUT2D eigenvalue weighted by Crippen LogP contribution is -2.36. The molecule has 1 aliphatic carbocycles. The van der Waals surface area contributed by atoms with E-state index in [0.29, 0.717) is 0 Å². The minimum atomic E-state index is -0.796. The summed E-state index contributed by atoms with van der Waals surface area (Å²) < 4.78 is 5.57. The normalized spacial score (nSPS) is 25.0. The molecule has 0 amide bonds. The molecule has 0 bridgehead atoms. The van der Waals surface area contributed by atoms with Gasteiger partial charge in [0.25, 0.3) is 0 Å². The van der Waals surface area contributed by atoms with E-state index in [0.717, 1.165) is 12.8 Å². The van der Waals surface area contributed by atoms with Gasteiger partial charge in [-0.05, 0) is 19.8 Å². The van der Waals surface area contributed by atoms with Crippen molar-refractivity contribution >= 4 is 0 Å². The zero-order chi connectivity index (χ0) is 11.1. The van der Waals surface area contributed by atoms with Gasteiger partial charge >= 0.3 is 0 Å². The summed E-state index contributed by atoms with van der Waals surface area (Å²) >= 11 is 0. The highest BCUT2D eigenvalue weighted by Crippen LogP contribution is 2.20. The molecule has 0 radical (unpaired) electrons. The Morgan fingerprint density at radius 1 is 1.07 bits per heavy atom. The van der Waals surface area contributed by atoms with Crippen LogP contribution in [0.15, 0.2) is 0 Å². The summed E-state index contributed by atoms with van der Waals surface area (Å²) in [5.74, 6) is 0. The zero-order valence-electron chi connectivity index (χ0n) is 9.82. The van der Waals surface area contributed by atoms with Gasteiger partial charge in [-0.2, -0.15) is 0 Å². The van der Waals surface area contributed by atoms with Crippen LogP contribution in [0.4, 0.5) is 0 Å². The lowest BCUT2D eigenvalue weighted by molar-refractivity contribution is -0.148. The second kappa shape index (κ2) is 7.20. The molecule has 1 saturated carbocycles. The first-order valence-electron chi connectivity index (χ1n) is 6.29. The maximum absolute atomic E-state index is 9.56. The van der Waals surface area contributed by atoms with E-state index in [4.69, 9.17) is 10.5 Å². The van der Waals surface area contributed by atoms with Crippen LogP contribution in [0.3, 0.4) is 0 Å². The molecule has 15 heavy (non-hydrogen) atoms. The van der Waals surface area contributed by atoms with Gasteiger partial charge in [0.1, 0.15) is 0 Å². The second-order valence-corrected chi connectivity index (χ2v) is 4.71. The van der Waals surface area contributed by atoms with Crippen molar-refractivity contribution in [2.75, 3.05) is 0 Å². The van der Waals surface area contributed by atoms with Crippen LogP contribution >= 0.6 is 0 Å². The van der Waals surface area contributed by atoms with Gasteiger partial charge in [0, 0.05) is 0 Å². The summed E-state index contributed by atoms with van der Waals surface area (Å²) in [7, 11) is 0. The third-order valence-electron chi connectivity index (χ3n) is 3.08. The first-order chi connectivity index (χ1) is 7.20. The molecule has 1 aliphatic rings. The Labute approximate surface area is 93.0 Å². The van der Waals surface area contributed by atoms with Crippen LogP contribution < -0.4 is 5.73 Å². The van der Waals surface area contributed by atoms with Gasteiger partial charge in [-0.25, -0.2) is 0 Å². The quantitative estimate of drug-likeness (QED) is 0.709. The smallest absolute Gasteiger partial charge is 0.169 e. The van der Waals surface area contributed by atoms with E-state index in [2.05, 4.69) is 0 Å². The van der Waals surface area contributed by atoms with Crippen molar-refractivity contribution in [1.29, 1.82) is 0 Å². The molecule has 3 heteroatoms. The highest BCUT2D eigenvalue weighted by Gasteiger charge is 2.17. The molecule has 1 unspecified atom stereocenters. The number of hydrogen-bond donors (Lipinski definition) is 2. The summed E-state index contributed by atoms with van der Waals surface area (Å²) in [6, 6.07) is -0.294. The molecule has 2 atom stereocenters. The summed E-state index contributed by atoms with van der Waals surface area (Å²) in [5, 5.41) is 9.56. The predicted octanol–water partition coefficient (Wildman–Crippen LogP) is 2.17. The van der Waals surface area contributed by atoms with E-state index in [1.807, 2.05) is 0 Å². The first-order valence-corrected chi connectivity index (χ1v) is 6.29. The molecular weight excluding hydrogens is 190 g/mol. The van der Waals surface area contributed by atoms with Crippen molar-refractivity contribution in [3.05, 3.63) is 0 Å². The Balaban J connectivity index is 2.29. The highest BCUT2D eigenvalue weighted by atomic mass is 16.6. The van der Waals surface area contributed by atoms with Crippen molar-refractivity contribution in [3.8, 4) is 0 Å². The minimum absolute atomic E-state index is 0.212. The molecule has 90 valence electrons. The third kappa shape index (κ3) is 5.50. The van der Waals surface area contributed by atoms with Crippen LogP contribution in [0.5, 0.6) is 0 Å². The number of hydrogen-bond acceptors (Lipinski definition) is 3. The van der Waals surface area contributed by atoms with E-state index in [9.17, 15) is 5.11 Å². The van der Waals surface area contributed by atoms with E-state index >= 15 is 0 Å². The van der Waals surface area contributed by atoms with E-state index in [1.165, 1.54) is 38.5 Å². The number of aliphatic hydroxyl groups excluding tert-OH is 1. The Kier molecular flexibility index (Phi) is 6.22. The molecule has 0 heterocycles. The number of rotatable bonds is 3. The Morgan fingerprint density at radius 3 is 2.00 bits per heavy atom. The van der Waals surface area contributed by atoms with Crippen molar-refractivity contribution in [2.24, 2.45) is 5.73 Å². The molecule has 3 nitrogen and oxygen atoms in total. The fourth-order valence-electron chi connectivity index (χ4n) is 2.05. The number of aliphatic hydroxyl groups is 1. The van der Waals surface area contributed by atoms with E-state index in [1.54, 1.807) is 6.92 Å². The largest absolute Gasteiger partial charge is 0.367 e. The van der Waals surface area contributed by atoms with Crippen LogP contribution in [0, 0.1) is 0 Å². The fourth-order valence-corrected chi connectivity index (χ4v) is 2.05. The van der Waals surface area contributed by atoms with Crippen LogP contribution in [0.1, 0.15) is 58.3 Å². The first kappa shape index (κ1) is 12.9. The molecule has 0 aromatic heterocycles. The lowest BCUT2D eigenvalue weighted by atomic mass is 10.1. The van der Waals surface area contributed by atoms with Crippen molar-refractivity contribution in [1.82, 2.24) is 0 Å². The molecule has 0 aliphatic heterocycles. The van der Waals surface area contributed by atoms with Gasteiger partial charge in [0.15, 0.2) is 6.29 Å². The number of nitrogens with two attached hydrogens (primary N) is 1. The van der Waals surface area contributed by atoms with E-state index < -0.39 is 6.29 Å². The summed E-state index contributed by atoms with van der Waals surface area (Å²) in [6.45, 7) is 1.78. The number of ether oxygens (including phenoxy) is 1. The molecule has 0 aromatic carbocycles. The maximum Gasteiger partial charge on any atom is 0.169 e. The van der Waals surface area contributed by atoms with Crippen LogP contribution in [0.2, 0.25) is 0 Å². The molecule has 1 rings (SSSR count). The molecule has 0 spiro atoms. The predicted molar refractivity (Wildman–Crippen MR) is 61.5 cm³/mol. The minimum Gasteiger partial charge on any atom is -0.367 e. The van der Waals surface area contributed by atoms with Gasteiger partial charge in [0.05, 0.1) is 12.1 Å². The second-order valence-electron chi connectivity index (χ2n) is 4.71. The van der Waals surface area contributed by atoms with Gasteiger partial charge in [-0.15, -0.1) is 0 Å². The molecule has 0 saturated heterocycles. The van der Waals surface area contributed by atoms with Gasteiger partial charge in [-0.1, -0.05) is 38.5 Å². The molecule has 3 N–H and O–H groups in total. The SMILES string of the molecule is C[C@H](N)C(O)OC1CCCCCCCC1. The average Bonchev–Trinajstić information content (AvgIpc) is 2.31. The molecular formula is C12H25NO2. The Morgan fingerprint density at radius 2 is 1.53 bits per heavy atom.